The number of para-hydroxylation sites is 1. The van der Waals surface area contributed by atoms with Gasteiger partial charge in [-0.25, -0.2) is 0 Å². The molecule has 0 radical (unpaired) electrons. The van der Waals surface area contributed by atoms with Gasteiger partial charge in [0.25, 0.3) is 0 Å². The van der Waals surface area contributed by atoms with E-state index in [4.69, 9.17) is 4.74 Å². The SMILES string of the molecule is COC1(CCCc2ccc(N(C)C)cc2)C=Nc2ccccc21. The molecule has 0 N–H and O–H groups in total. The van der Waals surface area contributed by atoms with Gasteiger partial charge in [-0.15, -0.1) is 0 Å². The van der Waals surface area contributed by atoms with Gasteiger partial charge in [-0.3, -0.25) is 4.99 Å². The molecule has 0 aliphatic carbocycles. The fraction of sp³-hybridized carbons (Fsp3) is 0.350. The lowest BCUT2D eigenvalue weighted by Crippen LogP contribution is -2.28. The Balaban J connectivity index is 1.65. The number of rotatable bonds is 6. The maximum atomic E-state index is 5.86. The van der Waals surface area contributed by atoms with Gasteiger partial charge in [-0.05, 0) is 43.0 Å². The summed E-state index contributed by atoms with van der Waals surface area (Å²) in [5.41, 5.74) is 4.46. The standard InChI is InChI=1S/C20H24N2O/c1-22(2)17-12-10-16(11-13-17)7-6-14-20(23-3)15-21-19-9-5-4-8-18(19)20/h4-5,8-13,15H,6-7,14H2,1-3H3. The summed E-state index contributed by atoms with van der Waals surface area (Å²) in [6.07, 6.45) is 5.02. The Labute approximate surface area is 138 Å². The highest BCUT2D eigenvalue weighted by Gasteiger charge is 2.35. The molecule has 1 aliphatic rings. The fourth-order valence-electron chi connectivity index (χ4n) is 3.17. The van der Waals surface area contributed by atoms with Crippen LogP contribution in [0.1, 0.15) is 24.0 Å². The lowest BCUT2D eigenvalue weighted by atomic mass is 9.89. The number of methoxy groups -OCH3 is 1. The van der Waals surface area contributed by atoms with Crippen LogP contribution < -0.4 is 4.90 Å². The van der Waals surface area contributed by atoms with E-state index in [9.17, 15) is 0 Å². The van der Waals surface area contributed by atoms with Crippen molar-refractivity contribution in [3.05, 3.63) is 59.7 Å². The van der Waals surface area contributed by atoms with Gasteiger partial charge < -0.3 is 9.64 Å². The summed E-state index contributed by atoms with van der Waals surface area (Å²) in [5.74, 6) is 0. The van der Waals surface area contributed by atoms with Gasteiger partial charge in [0.15, 0.2) is 0 Å². The number of benzene rings is 2. The Morgan fingerprint density at radius 1 is 1.04 bits per heavy atom. The summed E-state index contributed by atoms with van der Waals surface area (Å²) in [6.45, 7) is 0. The molecule has 1 atom stereocenters. The highest BCUT2D eigenvalue weighted by atomic mass is 16.5. The summed E-state index contributed by atoms with van der Waals surface area (Å²) in [6, 6.07) is 17.0. The second-order valence-corrected chi connectivity index (χ2v) is 6.28. The number of aryl methyl sites for hydroxylation is 1. The first-order valence-corrected chi connectivity index (χ1v) is 8.11. The van der Waals surface area contributed by atoms with Crippen molar-refractivity contribution < 1.29 is 4.74 Å². The lowest BCUT2D eigenvalue weighted by molar-refractivity contribution is 0.0455. The molecule has 3 rings (SSSR count). The Bertz CT molecular complexity index is 691. The minimum atomic E-state index is -0.361. The highest BCUT2D eigenvalue weighted by Crippen LogP contribution is 2.40. The Hall–Kier alpha value is -2.13. The first kappa shape index (κ1) is 15.8. The van der Waals surface area contributed by atoms with Crippen molar-refractivity contribution in [3.8, 4) is 0 Å². The largest absolute Gasteiger partial charge is 0.378 e. The molecule has 1 unspecified atom stereocenters. The number of nitrogens with zero attached hydrogens (tertiary/aromatic N) is 2. The Morgan fingerprint density at radius 2 is 1.78 bits per heavy atom. The molecule has 1 heterocycles. The summed E-state index contributed by atoms with van der Waals surface area (Å²) in [4.78, 5) is 6.65. The van der Waals surface area contributed by atoms with Crippen LogP contribution in [0.25, 0.3) is 0 Å². The van der Waals surface area contributed by atoms with E-state index < -0.39 is 0 Å². The van der Waals surface area contributed by atoms with Crippen LogP contribution in [0.2, 0.25) is 0 Å². The van der Waals surface area contributed by atoms with Crippen molar-refractivity contribution in [1.82, 2.24) is 0 Å². The number of fused-ring (bicyclic) bond motifs is 1. The van der Waals surface area contributed by atoms with Crippen molar-refractivity contribution in [3.63, 3.8) is 0 Å². The lowest BCUT2D eigenvalue weighted by Gasteiger charge is -2.26. The van der Waals surface area contributed by atoms with E-state index in [0.717, 1.165) is 24.9 Å². The average molecular weight is 308 g/mol. The highest BCUT2D eigenvalue weighted by molar-refractivity contribution is 5.83. The van der Waals surface area contributed by atoms with Crippen LogP contribution >= 0.6 is 0 Å². The zero-order valence-electron chi connectivity index (χ0n) is 14.1. The molecule has 0 saturated carbocycles. The number of aliphatic imine (C=N–C) groups is 1. The van der Waals surface area contributed by atoms with Crippen molar-refractivity contribution >= 4 is 17.6 Å². The van der Waals surface area contributed by atoms with Gasteiger partial charge >= 0.3 is 0 Å². The number of hydrogen-bond donors (Lipinski definition) is 0. The van der Waals surface area contributed by atoms with Gasteiger partial charge in [-0.2, -0.15) is 0 Å². The van der Waals surface area contributed by atoms with E-state index in [1.54, 1.807) is 7.11 Å². The summed E-state index contributed by atoms with van der Waals surface area (Å²) >= 11 is 0. The minimum Gasteiger partial charge on any atom is -0.378 e. The third kappa shape index (κ3) is 3.15. The Kier molecular flexibility index (Phi) is 4.49. The maximum absolute atomic E-state index is 5.86. The second-order valence-electron chi connectivity index (χ2n) is 6.28. The number of hydrogen-bond acceptors (Lipinski definition) is 3. The smallest absolute Gasteiger partial charge is 0.130 e. The molecule has 3 heteroatoms. The summed E-state index contributed by atoms with van der Waals surface area (Å²) < 4.78 is 5.86. The fourth-order valence-corrected chi connectivity index (χ4v) is 3.17. The van der Waals surface area contributed by atoms with E-state index in [-0.39, 0.29) is 5.60 Å². The van der Waals surface area contributed by atoms with Gasteiger partial charge in [0.05, 0.1) is 5.69 Å². The van der Waals surface area contributed by atoms with Crippen molar-refractivity contribution in [2.24, 2.45) is 4.99 Å². The Morgan fingerprint density at radius 3 is 2.48 bits per heavy atom. The number of ether oxygens (including phenoxy) is 1. The van der Waals surface area contributed by atoms with Crippen LogP contribution in [0.4, 0.5) is 11.4 Å². The number of anilines is 1. The van der Waals surface area contributed by atoms with E-state index in [1.165, 1.54) is 16.8 Å². The van der Waals surface area contributed by atoms with E-state index in [1.807, 2.05) is 18.3 Å². The molecule has 23 heavy (non-hydrogen) atoms. The topological polar surface area (TPSA) is 24.8 Å². The monoisotopic (exact) mass is 308 g/mol. The quantitative estimate of drug-likeness (QED) is 0.793. The van der Waals surface area contributed by atoms with Crippen LogP contribution in [0.15, 0.2) is 53.5 Å². The van der Waals surface area contributed by atoms with Crippen LogP contribution in [-0.2, 0) is 16.8 Å². The van der Waals surface area contributed by atoms with Crippen LogP contribution in [0.5, 0.6) is 0 Å². The van der Waals surface area contributed by atoms with Gasteiger partial charge in [-0.1, -0.05) is 30.3 Å². The molecule has 2 aromatic carbocycles. The van der Waals surface area contributed by atoms with Crippen LogP contribution in [-0.4, -0.2) is 27.4 Å². The zero-order chi connectivity index (χ0) is 16.3. The van der Waals surface area contributed by atoms with Gasteiger partial charge in [0.1, 0.15) is 5.60 Å². The summed E-state index contributed by atoms with van der Waals surface area (Å²) in [5, 5.41) is 0. The second kappa shape index (κ2) is 6.55. The van der Waals surface area contributed by atoms with E-state index in [2.05, 4.69) is 60.4 Å². The third-order valence-electron chi connectivity index (χ3n) is 4.60. The molecular weight excluding hydrogens is 284 g/mol. The first-order chi connectivity index (χ1) is 11.1. The van der Waals surface area contributed by atoms with E-state index >= 15 is 0 Å². The van der Waals surface area contributed by atoms with Gasteiger partial charge in [0, 0.05) is 38.7 Å². The molecular formula is C20H24N2O. The first-order valence-electron chi connectivity index (χ1n) is 8.11. The minimum absolute atomic E-state index is 0.361. The molecule has 3 nitrogen and oxygen atoms in total. The molecule has 0 aromatic heterocycles. The van der Waals surface area contributed by atoms with Crippen LogP contribution in [0.3, 0.4) is 0 Å². The molecule has 0 bridgehead atoms. The average Bonchev–Trinajstić information content (AvgIpc) is 2.95. The predicted molar refractivity (Wildman–Crippen MR) is 97.0 cm³/mol. The van der Waals surface area contributed by atoms with Crippen molar-refractivity contribution in [2.75, 3.05) is 26.1 Å². The third-order valence-corrected chi connectivity index (χ3v) is 4.60. The molecule has 2 aromatic rings. The summed E-state index contributed by atoms with van der Waals surface area (Å²) in [7, 11) is 5.91. The molecule has 0 spiro atoms. The van der Waals surface area contributed by atoms with Gasteiger partial charge in [0.2, 0.25) is 0 Å². The zero-order valence-corrected chi connectivity index (χ0v) is 14.1. The molecule has 1 aliphatic heterocycles. The molecule has 0 saturated heterocycles. The van der Waals surface area contributed by atoms with Crippen molar-refractivity contribution in [1.29, 1.82) is 0 Å². The predicted octanol–water partition coefficient (Wildman–Crippen LogP) is 4.33. The van der Waals surface area contributed by atoms with Crippen molar-refractivity contribution in [2.45, 2.75) is 24.9 Å². The maximum Gasteiger partial charge on any atom is 0.130 e. The normalized spacial score (nSPS) is 18.9. The van der Waals surface area contributed by atoms with E-state index in [0.29, 0.717) is 0 Å². The van der Waals surface area contributed by atoms with Crippen LogP contribution in [0, 0.1) is 0 Å². The molecule has 0 amide bonds. The molecule has 120 valence electrons. The molecule has 0 fully saturated rings.